The number of hydrogen-bond acceptors (Lipinski definition) is 5. The summed E-state index contributed by atoms with van der Waals surface area (Å²) in [6.07, 6.45) is 3.66. The zero-order chi connectivity index (χ0) is 15.8. The van der Waals surface area contributed by atoms with Gasteiger partial charge in [0.1, 0.15) is 11.5 Å². The van der Waals surface area contributed by atoms with E-state index in [0.717, 1.165) is 27.6 Å². The van der Waals surface area contributed by atoms with Gasteiger partial charge in [0, 0.05) is 30.4 Å². The molecule has 4 rings (SSSR count). The van der Waals surface area contributed by atoms with Gasteiger partial charge in [-0.25, -0.2) is 19.3 Å². The lowest BCUT2D eigenvalue weighted by Crippen LogP contribution is -1.98. The van der Waals surface area contributed by atoms with Crippen molar-refractivity contribution in [1.29, 1.82) is 0 Å². The van der Waals surface area contributed by atoms with E-state index in [4.69, 9.17) is 0 Å². The molecule has 3 heterocycles. The molecule has 0 aliphatic rings. The molecule has 0 radical (unpaired) electrons. The number of fused-ring (bicyclic) bond motifs is 1. The Morgan fingerprint density at radius 1 is 1.13 bits per heavy atom. The largest absolute Gasteiger partial charge is 0.357 e. The molecule has 0 atom stereocenters. The normalized spacial score (nSPS) is 11.0. The zero-order valence-electron chi connectivity index (χ0n) is 12.2. The van der Waals surface area contributed by atoms with E-state index in [1.54, 1.807) is 36.7 Å². The Labute approximate surface area is 135 Å². The number of benzene rings is 1. The first-order chi connectivity index (χ1) is 11.3. The molecule has 0 spiro atoms. The number of thiazole rings is 1. The van der Waals surface area contributed by atoms with Gasteiger partial charge in [0.2, 0.25) is 5.95 Å². The van der Waals surface area contributed by atoms with Crippen molar-refractivity contribution in [3.05, 3.63) is 53.9 Å². The highest BCUT2D eigenvalue weighted by Crippen LogP contribution is 2.33. The Bertz CT molecular complexity index is 974. The van der Waals surface area contributed by atoms with Crippen LogP contribution < -0.4 is 5.32 Å². The first-order valence-electron chi connectivity index (χ1n) is 6.99. The summed E-state index contributed by atoms with van der Waals surface area (Å²) in [5, 5.41) is 4.91. The number of nitrogens with one attached hydrogen (secondary N) is 1. The van der Waals surface area contributed by atoms with Crippen molar-refractivity contribution in [2.24, 2.45) is 0 Å². The van der Waals surface area contributed by atoms with E-state index in [2.05, 4.69) is 20.3 Å². The number of halogens is 1. The van der Waals surface area contributed by atoms with Crippen molar-refractivity contribution in [2.45, 2.75) is 0 Å². The van der Waals surface area contributed by atoms with Gasteiger partial charge in [-0.1, -0.05) is 0 Å². The molecule has 0 aliphatic carbocycles. The van der Waals surface area contributed by atoms with Gasteiger partial charge in [-0.3, -0.25) is 4.40 Å². The van der Waals surface area contributed by atoms with Gasteiger partial charge < -0.3 is 5.32 Å². The molecule has 1 aromatic carbocycles. The number of imidazole rings is 1. The van der Waals surface area contributed by atoms with E-state index >= 15 is 0 Å². The van der Waals surface area contributed by atoms with Gasteiger partial charge in [0.25, 0.3) is 0 Å². The summed E-state index contributed by atoms with van der Waals surface area (Å²) in [5.41, 5.74) is 3.25. The van der Waals surface area contributed by atoms with E-state index in [1.807, 2.05) is 22.0 Å². The second-order valence-corrected chi connectivity index (χ2v) is 5.76. The Morgan fingerprint density at radius 3 is 2.74 bits per heavy atom. The smallest absolute Gasteiger partial charge is 0.222 e. The lowest BCUT2D eigenvalue weighted by atomic mass is 10.1. The van der Waals surface area contributed by atoms with Crippen molar-refractivity contribution in [1.82, 2.24) is 19.4 Å². The summed E-state index contributed by atoms with van der Waals surface area (Å²) in [5.74, 6) is 0.272. The minimum absolute atomic E-state index is 0.268. The van der Waals surface area contributed by atoms with Crippen LogP contribution in [0.2, 0.25) is 0 Å². The van der Waals surface area contributed by atoms with Gasteiger partial charge in [-0.15, -0.1) is 11.3 Å². The third-order valence-corrected chi connectivity index (χ3v) is 4.26. The van der Waals surface area contributed by atoms with Crippen molar-refractivity contribution in [3.8, 4) is 22.6 Å². The molecule has 0 saturated heterocycles. The van der Waals surface area contributed by atoms with Gasteiger partial charge in [-0.2, -0.15) is 0 Å². The summed E-state index contributed by atoms with van der Waals surface area (Å²) < 4.78 is 15.2. The van der Waals surface area contributed by atoms with Crippen molar-refractivity contribution in [2.75, 3.05) is 12.4 Å². The number of hydrogen-bond donors (Lipinski definition) is 1. The van der Waals surface area contributed by atoms with Crippen molar-refractivity contribution >= 4 is 22.2 Å². The molecule has 0 amide bonds. The third kappa shape index (κ3) is 2.35. The molecular weight excluding hydrogens is 313 g/mol. The van der Waals surface area contributed by atoms with E-state index in [1.165, 1.54) is 12.1 Å². The predicted octanol–water partition coefficient (Wildman–Crippen LogP) is 3.70. The van der Waals surface area contributed by atoms with E-state index in [9.17, 15) is 4.39 Å². The fourth-order valence-corrected chi connectivity index (χ4v) is 3.16. The lowest BCUT2D eigenvalue weighted by Gasteiger charge is -2.05. The van der Waals surface area contributed by atoms with Crippen LogP contribution >= 0.6 is 11.3 Å². The van der Waals surface area contributed by atoms with Crippen molar-refractivity contribution < 1.29 is 4.39 Å². The summed E-state index contributed by atoms with van der Waals surface area (Å²) in [6.45, 7) is 0. The maximum absolute atomic E-state index is 13.2. The van der Waals surface area contributed by atoms with Crippen molar-refractivity contribution in [3.63, 3.8) is 0 Å². The second kappa shape index (κ2) is 5.44. The SMILES string of the molecule is CNc1nccc(-c2c(-c3ccc(F)cc3)nc3sccn23)n1. The molecule has 114 valence electrons. The van der Waals surface area contributed by atoms with Crippen LogP contribution in [0.4, 0.5) is 10.3 Å². The molecule has 5 nitrogen and oxygen atoms in total. The lowest BCUT2D eigenvalue weighted by molar-refractivity contribution is 0.628. The van der Waals surface area contributed by atoms with Gasteiger partial charge >= 0.3 is 0 Å². The van der Waals surface area contributed by atoms with Crippen LogP contribution in [0.1, 0.15) is 0 Å². The third-order valence-electron chi connectivity index (χ3n) is 3.50. The average molecular weight is 325 g/mol. The molecule has 7 heteroatoms. The van der Waals surface area contributed by atoms with Crippen LogP contribution in [0.15, 0.2) is 48.1 Å². The summed E-state index contributed by atoms with van der Waals surface area (Å²) in [7, 11) is 1.77. The van der Waals surface area contributed by atoms with Gasteiger partial charge in [-0.05, 0) is 30.3 Å². The van der Waals surface area contributed by atoms with Crippen LogP contribution in [0, 0.1) is 5.82 Å². The van der Waals surface area contributed by atoms with Crippen LogP contribution in [0.3, 0.4) is 0 Å². The highest BCUT2D eigenvalue weighted by molar-refractivity contribution is 7.15. The van der Waals surface area contributed by atoms with E-state index in [0.29, 0.717) is 5.95 Å². The van der Waals surface area contributed by atoms with Crippen LogP contribution in [0.5, 0.6) is 0 Å². The quantitative estimate of drug-likeness (QED) is 0.624. The highest BCUT2D eigenvalue weighted by Gasteiger charge is 2.18. The molecule has 0 unspecified atom stereocenters. The molecule has 3 aromatic heterocycles. The first-order valence-corrected chi connectivity index (χ1v) is 7.87. The second-order valence-electron chi connectivity index (χ2n) is 4.89. The minimum atomic E-state index is -0.268. The Morgan fingerprint density at radius 2 is 1.96 bits per heavy atom. The van der Waals surface area contributed by atoms with Gasteiger partial charge in [0.15, 0.2) is 4.96 Å². The molecular formula is C16H12FN5S. The monoisotopic (exact) mass is 325 g/mol. The molecule has 4 aromatic rings. The summed E-state index contributed by atoms with van der Waals surface area (Å²) in [6, 6.07) is 8.17. The first kappa shape index (κ1) is 13.8. The molecule has 1 N–H and O–H groups in total. The zero-order valence-corrected chi connectivity index (χ0v) is 13.0. The number of anilines is 1. The Kier molecular flexibility index (Phi) is 3.27. The fraction of sp³-hybridized carbons (Fsp3) is 0.0625. The van der Waals surface area contributed by atoms with E-state index < -0.39 is 0 Å². The molecule has 0 saturated carbocycles. The van der Waals surface area contributed by atoms with Crippen LogP contribution in [-0.2, 0) is 0 Å². The average Bonchev–Trinajstić information content (AvgIpc) is 3.16. The highest BCUT2D eigenvalue weighted by atomic mass is 32.1. The number of aromatic nitrogens is 4. The summed E-state index contributed by atoms with van der Waals surface area (Å²) in [4.78, 5) is 14.2. The van der Waals surface area contributed by atoms with E-state index in [-0.39, 0.29) is 5.82 Å². The predicted molar refractivity (Wildman–Crippen MR) is 89.0 cm³/mol. The van der Waals surface area contributed by atoms with Gasteiger partial charge in [0.05, 0.1) is 11.4 Å². The minimum Gasteiger partial charge on any atom is -0.357 e. The fourth-order valence-electron chi connectivity index (χ4n) is 2.45. The molecule has 0 fully saturated rings. The molecule has 0 aliphatic heterocycles. The topological polar surface area (TPSA) is 55.1 Å². The molecule has 0 bridgehead atoms. The van der Waals surface area contributed by atoms with Crippen LogP contribution in [0.25, 0.3) is 27.6 Å². The standard InChI is InChI=1S/C16H12FN5S/c1-18-15-19-7-6-12(20-15)14-13(10-2-4-11(17)5-3-10)21-16-22(14)8-9-23-16/h2-9H,1H3,(H,18,19,20). The maximum Gasteiger partial charge on any atom is 0.222 e. The van der Waals surface area contributed by atoms with Crippen LogP contribution in [-0.4, -0.2) is 26.4 Å². The number of rotatable bonds is 3. The number of nitrogens with zero attached hydrogens (tertiary/aromatic N) is 4. The molecule has 23 heavy (non-hydrogen) atoms. The maximum atomic E-state index is 13.2. The Balaban J connectivity index is 1.98. The summed E-state index contributed by atoms with van der Waals surface area (Å²) >= 11 is 1.54. The Hall–Kier alpha value is -2.80.